The van der Waals surface area contributed by atoms with Crippen molar-refractivity contribution in [2.24, 2.45) is 23.7 Å². The van der Waals surface area contributed by atoms with Crippen LogP contribution < -0.4 is 0 Å². The second-order valence-electron chi connectivity index (χ2n) is 5.17. The van der Waals surface area contributed by atoms with Gasteiger partial charge in [0.15, 0.2) is 0 Å². The first-order chi connectivity index (χ1) is 9.31. The Morgan fingerprint density at radius 1 is 1.25 bits per heavy atom. The summed E-state index contributed by atoms with van der Waals surface area (Å²) >= 11 is 0. The fourth-order valence-corrected chi connectivity index (χ4v) is 2.97. The lowest BCUT2D eigenvalue weighted by atomic mass is 9.70. The number of ether oxygens (including phenoxy) is 1. The third kappa shape index (κ3) is 2.43. The fourth-order valence-electron chi connectivity index (χ4n) is 2.97. The maximum atomic E-state index is 11.5. The molecular formula is C13H14O7. The van der Waals surface area contributed by atoms with E-state index >= 15 is 0 Å². The SMILES string of the molecule is CC1=CC(C2CC(=O)OC2=O)CC(C(=O)O)C1C(=O)O. The summed E-state index contributed by atoms with van der Waals surface area (Å²) in [5.74, 6) is -7.11. The van der Waals surface area contributed by atoms with Gasteiger partial charge in [0.05, 0.1) is 24.2 Å². The smallest absolute Gasteiger partial charge is 0.317 e. The first kappa shape index (κ1) is 14.2. The standard InChI is InChI=1S/C13H14O7/c1-5-2-6(7-4-9(14)20-13(7)19)3-8(11(15)16)10(5)12(17)18/h2,6-8,10H,3-4H2,1H3,(H,15,16)(H,17,18). The second kappa shape index (κ2) is 5.07. The Bertz CT molecular complexity index is 519. The summed E-state index contributed by atoms with van der Waals surface area (Å²) in [6.45, 7) is 1.53. The van der Waals surface area contributed by atoms with E-state index in [-0.39, 0.29) is 12.8 Å². The molecule has 2 N–H and O–H groups in total. The Kier molecular flexibility index (Phi) is 3.61. The lowest BCUT2D eigenvalue weighted by Gasteiger charge is -2.31. The normalized spacial score (nSPS) is 33.5. The van der Waals surface area contributed by atoms with Gasteiger partial charge in [-0.15, -0.1) is 0 Å². The van der Waals surface area contributed by atoms with Crippen LogP contribution in [0.25, 0.3) is 0 Å². The van der Waals surface area contributed by atoms with Crippen molar-refractivity contribution in [2.45, 2.75) is 19.8 Å². The summed E-state index contributed by atoms with van der Waals surface area (Å²) < 4.78 is 4.46. The molecule has 4 unspecified atom stereocenters. The van der Waals surface area contributed by atoms with Crippen molar-refractivity contribution in [3.05, 3.63) is 11.6 Å². The van der Waals surface area contributed by atoms with Crippen LogP contribution >= 0.6 is 0 Å². The van der Waals surface area contributed by atoms with Gasteiger partial charge in [0, 0.05) is 0 Å². The van der Waals surface area contributed by atoms with Crippen LogP contribution in [-0.2, 0) is 23.9 Å². The Morgan fingerprint density at radius 2 is 1.90 bits per heavy atom. The number of allylic oxidation sites excluding steroid dienone is 1. The summed E-state index contributed by atoms with van der Waals surface area (Å²) in [6.07, 6.45) is 1.51. The quantitative estimate of drug-likeness (QED) is 0.438. The van der Waals surface area contributed by atoms with Crippen LogP contribution in [0, 0.1) is 23.7 Å². The molecule has 1 saturated heterocycles. The Morgan fingerprint density at radius 3 is 2.35 bits per heavy atom. The molecule has 1 aliphatic carbocycles. The highest BCUT2D eigenvalue weighted by Crippen LogP contribution is 2.40. The van der Waals surface area contributed by atoms with Crippen LogP contribution in [0.3, 0.4) is 0 Å². The second-order valence-corrected chi connectivity index (χ2v) is 5.17. The number of aliphatic carboxylic acids is 2. The Balaban J connectivity index is 2.30. The van der Waals surface area contributed by atoms with Crippen molar-refractivity contribution >= 4 is 23.9 Å². The maximum absolute atomic E-state index is 11.5. The molecule has 1 fully saturated rings. The fraction of sp³-hybridized carbons (Fsp3) is 0.538. The van der Waals surface area contributed by atoms with Crippen LogP contribution in [-0.4, -0.2) is 34.1 Å². The van der Waals surface area contributed by atoms with Crippen LogP contribution in [0.2, 0.25) is 0 Å². The first-order valence-corrected chi connectivity index (χ1v) is 6.19. The molecule has 2 aliphatic rings. The molecule has 2 rings (SSSR count). The van der Waals surface area contributed by atoms with E-state index in [4.69, 9.17) is 5.11 Å². The molecule has 0 spiro atoms. The van der Waals surface area contributed by atoms with E-state index in [0.717, 1.165) is 0 Å². The van der Waals surface area contributed by atoms with Gasteiger partial charge in [-0.05, 0) is 19.3 Å². The predicted octanol–water partition coefficient (Wildman–Crippen LogP) is 0.444. The number of carboxylic acids is 2. The van der Waals surface area contributed by atoms with E-state index in [9.17, 15) is 24.3 Å². The van der Waals surface area contributed by atoms with E-state index in [1.807, 2.05) is 0 Å². The van der Waals surface area contributed by atoms with E-state index in [2.05, 4.69) is 4.74 Å². The molecule has 0 amide bonds. The highest BCUT2D eigenvalue weighted by molar-refractivity contribution is 5.95. The van der Waals surface area contributed by atoms with Crippen LogP contribution in [0.5, 0.6) is 0 Å². The van der Waals surface area contributed by atoms with Crippen molar-refractivity contribution in [1.29, 1.82) is 0 Å². The van der Waals surface area contributed by atoms with Crippen LogP contribution in [0.15, 0.2) is 11.6 Å². The Hall–Kier alpha value is -2.18. The number of rotatable bonds is 3. The summed E-state index contributed by atoms with van der Waals surface area (Å²) in [5.41, 5.74) is 0.397. The average molecular weight is 282 g/mol. The molecule has 0 aromatic carbocycles. The van der Waals surface area contributed by atoms with Crippen LogP contribution in [0.1, 0.15) is 19.8 Å². The molecule has 0 aromatic rings. The molecule has 0 bridgehead atoms. The topological polar surface area (TPSA) is 118 Å². The third-order valence-electron chi connectivity index (χ3n) is 3.90. The van der Waals surface area contributed by atoms with Gasteiger partial charge in [0.25, 0.3) is 0 Å². The minimum Gasteiger partial charge on any atom is -0.481 e. The lowest BCUT2D eigenvalue weighted by Crippen LogP contribution is -2.37. The number of carbonyl (C=O) groups excluding carboxylic acids is 2. The molecule has 0 radical (unpaired) electrons. The average Bonchev–Trinajstić information content (AvgIpc) is 2.66. The number of cyclic esters (lactones) is 2. The summed E-state index contributed by atoms with van der Waals surface area (Å²) in [7, 11) is 0. The minimum absolute atomic E-state index is 0.0106. The van der Waals surface area contributed by atoms with Crippen molar-refractivity contribution in [1.82, 2.24) is 0 Å². The molecule has 7 heteroatoms. The summed E-state index contributed by atoms with van der Waals surface area (Å²) in [4.78, 5) is 45.1. The third-order valence-corrected chi connectivity index (χ3v) is 3.90. The van der Waals surface area contributed by atoms with E-state index in [1.165, 1.54) is 6.92 Å². The highest BCUT2D eigenvalue weighted by Gasteiger charge is 2.46. The molecular weight excluding hydrogens is 268 g/mol. The molecule has 1 aliphatic heterocycles. The number of esters is 2. The van der Waals surface area contributed by atoms with Gasteiger partial charge >= 0.3 is 23.9 Å². The van der Waals surface area contributed by atoms with Crippen molar-refractivity contribution in [3.8, 4) is 0 Å². The number of hydrogen-bond acceptors (Lipinski definition) is 5. The summed E-state index contributed by atoms with van der Waals surface area (Å²) in [5, 5.41) is 18.3. The molecule has 4 atom stereocenters. The van der Waals surface area contributed by atoms with Gasteiger partial charge in [-0.25, -0.2) is 0 Å². The largest absolute Gasteiger partial charge is 0.481 e. The van der Waals surface area contributed by atoms with Gasteiger partial charge in [-0.2, -0.15) is 0 Å². The zero-order valence-corrected chi connectivity index (χ0v) is 10.7. The molecule has 7 nitrogen and oxygen atoms in total. The van der Waals surface area contributed by atoms with Gasteiger partial charge in [-0.3, -0.25) is 19.2 Å². The number of hydrogen-bond donors (Lipinski definition) is 2. The molecule has 20 heavy (non-hydrogen) atoms. The van der Waals surface area contributed by atoms with E-state index in [0.29, 0.717) is 5.57 Å². The van der Waals surface area contributed by atoms with Gasteiger partial charge in [-0.1, -0.05) is 11.6 Å². The zero-order valence-electron chi connectivity index (χ0n) is 10.7. The number of carbonyl (C=O) groups is 4. The van der Waals surface area contributed by atoms with Crippen molar-refractivity contribution < 1.29 is 34.1 Å². The van der Waals surface area contributed by atoms with E-state index < -0.39 is 47.5 Å². The minimum atomic E-state index is -1.22. The van der Waals surface area contributed by atoms with Crippen molar-refractivity contribution in [3.63, 3.8) is 0 Å². The maximum Gasteiger partial charge on any atom is 0.317 e. The molecule has 108 valence electrons. The van der Waals surface area contributed by atoms with Gasteiger partial charge < -0.3 is 14.9 Å². The zero-order chi connectivity index (χ0) is 15.0. The van der Waals surface area contributed by atoms with Gasteiger partial charge in [0.2, 0.25) is 0 Å². The lowest BCUT2D eigenvalue weighted by molar-refractivity contribution is -0.155. The predicted molar refractivity (Wildman–Crippen MR) is 63.3 cm³/mol. The first-order valence-electron chi connectivity index (χ1n) is 6.19. The molecule has 0 saturated carbocycles. The van der Waals surface area contributed by atoms with E-state index in [1.54, 1.807) is 6.08 Å². The monoisotopic (exact) mass is 282 g/mol. The van der Waals surface area contributed by atoms with Crippen molar-refractivity contribution in [2.75, 3.05) is 0 Å². The highest BCUT2D eigenvalue weighted by atomic mass is 16.6. The molecule has 1 heterocycles. The van der Waals surface area contributed by atoms with Crippen LogP contribution in [0.4, 0.5) is 0 Å². The molecule has 0 aromatic heterocycles. The Labute approximate surface area is 114 Å². The van der Waals surface area contributed by atoms with Gasteiger partial charge in [0.1, 0.15) is 0 Å². The number of carboxylic acid groups (broad SMARTS) is 2. The summed E-state index contributed by atoms with van der Waals surface area (Å²) in [6, 6.07) is 0.